The van der Waals surface area contributed by atoms with E-state index in [2.05, 4.69) is 0 Å². The van der Waals surface area contributed by atoms with Crippen LogP contribution in [-0.2, 0) is 4.79 Å². The number of amides is 1. The van der Waals surface area contributed by atoms with E-state index in [0.29, 0.717) is 5.69 Å². The molecule has 0 spiro atoms. The molecule has 2 heterocycles. The lowest BCUT2D eigenvalue weighted by Gasteiger charge is -2.27. The third kappa shape index (κ3) is 2.96. The standard InChI is InChI=1S/C20H21F3N2O3/c1-12-6-4-5-7-16(12)25-13(2)10-15(14(25)3)17(26)24-9-8-19(11-24,18(27)28)20(21,22)23/h4-7,10H,8-9,11H2,1-3H3,(H,27,28). The van der Waals surface area contributed by atoms with Gasteiger partial charge in [-0.15, -0.1) is 0 Å². The Morgan fingerprint density at radius 1 is 1.14 bits per heavy atom. The minimum Gasteiger partial charge on any atom is -0.481 e. The van der Waals surface area contributed by atoms with Gasteiger partial charge in [0.25, 0.3) is 5.91 Å². The van der Waals surface area contributed by atoms with Crippen LogP contribution in [0, 0.1) is 26.2 Å². The van der Waals surface area contributed by atoms with Crippen LogP contribution in [0.2, 0.25) is 0 Å². The predicted octanol–water partition coefficient (Wildman–Crippen LogP) is 3.88. The van der Waals surface area contributed by atoms with Crippen molar-refractivity contribution in [3.63, 3.8) is 0 Å². The van der Waals surface area contributed by atoms with E-state index in [1.165, 1.54) is 0 Å². The summed E-state index contributed by atoms with van der Waals surface area (Å²) in [6.45, 7) is 4.35. The fourth-order valence-electron chi connectivity index (χ4n) is 3.84. The second kappa shape index (κ2) is 6.68. The second-order valence-corrected chi connectivity index (χ2v) is 7.27. The van der Waals surface area contributed by atoms with E-state index in [1.54, 1.807) is 13.0 Å². The molecule has 1 aliphatic rings. The van der Waals surface area contributed by atoms with Crippen LogP contribution in [0.25, 0.3) is 5.69 Å². The van der Waals surface area contributed by atoms with Gasteiger partial charge in [-0.1, -0.05) is 18.2 Å². The summed E-state index contributed by atoms with van der Waals surface area (Å²) >= 11 is 0. The van der Waals surface area contributed by atoms with Crippen molar-refractivity contribution in [2.45, 2.75) is 33.4 Å². The zero-order valence-corrected chi connectivity index (χ0v) is 15.8. The highest BCUT2D eigenvalue weighted by Gasteiger charge is 2.64. The molecule has 5 nitrogen and oxygen atoms in total. The number of hydrogen-bond acceptors (Lipinski definition) is 2. The van der Waals surface area contributed by atoms with Gasteiger partial charge in [0, 0.05) is 30.2 Å². The van der Waals surface area contributed by atoms with Crippen molar-refractivity contribution >= 4 is 11.9 Å². The Kier molecular flexibility index (Phi) is 4.77. The molecule has 1 N–H and O–H groups in total. The fraction of sp³-hybridized carbons (Fsp3) is 0.400. The first-order valence-electron chi connectivity index (χ1n) is 8.84. The van der Waals surface area contributed by atoms with E-state index in [0.717, 1.165) is 21.8 Å². The number of carbonyl (C=O) groups excluding carboxylic acids is 1. The number of aliphatic carboxylic acids is 1. The fourth-order valence-corrected chi connectivity index (χ4v) is 3.84. The maximum absolute atomic E-state index is 13.4. The quantitative estimate of drug-likeness (QED) is 0.859. The largest absolute Gasteiger partial charge is 0.481 e. The second-order valence-electron chi connectivity index (χ2n) is 7.27. The summed E-state index contributed by atoms with van der Waals surface area (Å²) in [6, 6.07) is 9.23. The molecule has 3 rings (SSSR count). The molecule has 28 heavy (non-hydrogen) atoms. The highest BCUT2D eigenvalue weighted by Crippen LogP contribution is 2.46. The van der Waals surface area contributed by atoms with Gasteiger partial charge in [-0.25, -0.2) is 0 Å². The molecule has 8 heteroatoms. The number of nitrogens with zero attached hydrogens (tertiary/aromatic N) is 2. The smallest absolute Gasteiger partial charge is 0.406 e. The van der Waals surface area contributed by atoms with Gasteiger partial charge in [-0.05, 0) is 44.9 Å². The van der Waals surface area contributed by atoms with E-state index in [4.69, 9.17) is 0 Å². The third-order valence-corrected chi connectivity index (χ3v) is 5.53. The molecule has 1 aromatic carbocycles. The third-order valence-electron chi connectivity index (χ3n) is 5.53. The molecule has 1 aromatic heterocycles. The maximum atomic E-state index is 13.4. The number of aryl methyl sites for hydroxylation is 2. The number of carboxylic acids is 1. The summed E-state index contributed by atoms with van der Waals surface area (Å²) < 4.78 is 42.1. The van der Waals surface area contributed by atoms with Gasteiger partial charge in [0.05, 0.1) is 5.56 Å². The van der Waals surface area contributed by atoms with Crippen LogP contribution in [0.15, 0.2) is 30.3 Å². The Balaban J connectivity index is 1.96. The van der Waals surface area contributed by atoms with Crippen LogP contribution in [0.3, 0.4) is 0 Å². The van der Waals surface area contributed by atoms with E-state index in [-0.39, 0.29) is 12.1 Å². The number of carboxylic acid groups (broad SMARTS) is 1. The summed E-state index contributed by atoms with van der Waals surface area (Å²) in [5.41, 5.74) is 0.625. The number of likely N-dealkylation sites (tertiary alicyclic amines) is 1. The average Bonchev–Trinajstić information content (AvgIpc) is 3.18. The molecule has 1 aliphatic heterocycles. The van der Waals surface area contributed by atoms with Gasteiger partial charge in [0.1, 0.15) is 0 Å². The summed E-state index contributed by atoms with van der Waals surface area (Å²) in [6.07, 6.45) is -5.57. The molecule has 2 aromatic rings. The van der Waals surface area contributed by atoms with Crippen LogP contribution >= 0.6 is 0 Å². The van der Waals surface area contributed by atoms with Crippen molar-refractivity contribution in [3.05, 3.63) is 52.8 Å². The summed E-state index contributed by atoms with van der Waals surface area (Å²) in [7, 11) is 0. The van der Waals surface area contributed by atoms with Gasteiger partial charge in [-0.2, -0.15) is 13.2 Å². The first-order chi connectivity index (χ1) is 13.0. The van der Waals surface area contributed by atoms with Crippen LogP contribution in [0.1, 0.15) is 33.7 Å². The number of hydrogen-bond donors (Lipinski definition) is 1. The lowest BCUT2D eigenvalue weighted by atomic mass is 9.86. The average molecular weight is 394 g/mol. The monoisotopic (exact) mass is 394 g/mol. The zero-order chi connectivity index (χ0) is 20.9. The summed E-state index contributed by atoms with van der Waals surface area (Å²) in [5, 5.41) is 9.19. The maximum Gasteiger partial charge on any atom is 0.406 e. The lowest BCUT2D eigenvalue weighted by Crippen LogP contribution is -2.47. The van der Waals surface area contributed by atoms with Crippen LogP contribution in [0.5, 0.6) is 0 Å². The number of aromatic nitrogens is 1. The van der Waals surface area contributed by atoms with E-state index in [1.807, 2.05) is 42.7 Å². The molecule has 0 saturated carbocycles. The van der Waals surface area contributed by atoms with E-state index in [9.17, 15) is 27.9 Å². The van der Waals surface area contributed by atoms with Gasteiger partial charge >= 0.3 is 12.1 Å². The minimum atomic E-state index is -4.92. The Bertz CT molecular complexity index is 949. The molecule has 0 aliphatic carbocycles. The Morgan fingerprint density at radius 2 is 1.79 bits per heavy atom. The number of benzene rings is 1. The zero-order valence-electron chi connectivity index (χ0n) is 15.8. The molecular weight excluding hydrogens is 373 g/mol. The van der Waals surface area contributed by atoms with Crippen molar-refractivity contribution in [2.24, 2.45) is 5.41 Å². The molecule has 1 saturated heterocycles. The molecule has 0 bridgehead atoms. The first kappa shape index (κ1) is 20.0. The van der Waals surface area contributed by atoms with Crippen molar-refractivity contribution in [2.75, 3.05) is 13.1 Å². The van der Waals surface area contributed by atoms with Crippen molar-refractivity contribution in [1.29, 1.82) is 0 Å². The first-order valence-corrected chi connectivity index (χ1v) is 8.84. The van der Waals surface area contributed by atoms with Crippen LogP contribution < -0.4 is 0 Å². The number of halogens is 3. The Hall–Kier alpha value is -2.77. The van der Waals surface area contributed by atoms with Crippen molar-refractivity contribution in [1.82, 2.24) is 9.47 Å². The molecule has 1 atom stereocenters. The summed E-state index contributed by atoms with van der Waals surface area (Å²) in [4.78, 5) is 25.3. The number of para-hydroxylation sites is 1. The molecule has 1 fully saturated rings. The molecule has 1 amide bonds. The highest BCUT2D eigenvalue weighted by molar-refractivity contribution is 5.96. The van der Waals surface area contributed by atoms with Crippen LogP contribution in [-0.4, -0.2) is 45.7 Å². The van der Waals surface area contributed by atoms with Crippen molar-refractivity contribution in [3.8, 4) is 5.69 Å². The topological polar surface area (TPSA) is 62.5 Å². The van der Waals surface area contributed by atoms with Crippen LogP contribution in [0.4, 0.5) is 13.2 Å². The van der Waals surface area contributed by atoms with Gasteiger partial charge < -0.3 is 14.6 Å². The minimum absolute atomic E-state index is 0.251. The number of carbonyl (C=O) groups is 2. The molecule has 0 radical (unpaired) electrons. The Morgan fingerprint density at radius 3 is 2.32 bits per heavy atom. The summed E-state index contributed by atoms with van der Waals surface area (Å²) in [5.74, 6) is -2.53. The van der Waals surface area contributed by atoms with Gasteiger partial charge in [0.15, 0.2) is 5.41 Å². The Labute approximate surface area is 160 Å². The normalized spacial score (nSPS) is 19.9. The predicted molar refractivity (Wildman–Crippen MR) is 96.6 cm³/mol. The number of rotatable bonds is 3. The molecule has 1 unspecified atom stereocenters. The molecular formula is C20H21F3N2O3. The highest BCUT2D eigenvalue weighted by atomic mass is 19.4. The SMILES string of the molecule is Cc1ccccc1-n1c(C)cc(C(=O)N2CCC(C(=O)O)(C(F)(F)F)C2)c1C. The van der Waals surface area contributed by atoms with E-state index >= 15 is 0 Å². The van der Waals surface area contributed by atoms with Gasteiger partial charge in [-0.3, -0.25) is 9.59 Å². The van der Waals surface area contributed by atoms with E-state index < -0.39 is 36.4 Å². The lowest BCUT2D eigenvalue weighted by molar-refractivity contribution is -0.227. The number of alkyl halides is 3. The van der Waals surface area contributed by atoms with Gasteiger partial charge in [0.2, 0.25) is 0 Å². The van der Waals surface area contributed by atoms with Crippen molar-refractivity contribution < 1.29 is 27.9 Å². The molecule has 150 valence electrons.